The number of para-hydroxylation sites is 1. The molecule has 2 amide bonds. The highest BCUT2D eigenvalue weighted by Gasteiger charge is 2.06. The van der Waals surface area contributed by atoms with Crippen LogP contribution in [0.3, 0.4) is 0 Å². The Labute approximate surface area is 127 Å². The Balaban J connectivity index is 2.04. The number of carbonyl (C=O) groups is 2. The number of amides is 2. The predicted molar refractivity (Wildman–Crippen MR) is 83.0 cm³/mol. The van der Waals surface area contributed by atoms with E-state index in [4.69, 9.17) is 4.74 Å². The van der Waals surface area contributed by atoms with Gasteiger partial charge >= 0.3 is 6.09 Å². The van der Waals surface area contributed by atoms with Gasteiger partial charge in [0.15, 0.2) is 0 Å². The zero-order valence-corrected chi connectivity index (χ0v) is 11.9. The predicted octanol–water partition coefficient (Wildman–Crippen LogP) is 2.17. The molecule has 0 aliphatic carbocycles. The Bertz CT molecular complexity index is 684. The topological polar surface area (TPSA) is 79.8 Å². The zero-order chi connectivity index (χ0) is 15.8. The fourth-order valence-corrected chi connectivity index (χ4v) is 1.65. The van der Waals surface area contributed by atoms with Crippen LogP contribution < -0.4 is 15.5 Å². The van der Waals surface area contributed by atoms with E-state index in [2.05, 4.69) is 15.8 Å². The zero-order valence-electron chi connectivity index (χ0n) is 11.9. The minimum Gasteiger partial charge on any atom is -0.410 e. The van der Waals surface area contributed by atoms with Crippen molar-refractivity contribution in [1.29, 1.82) is 0 Å². The third kappa shape index (κ3) is 4.17. The summed E-state index contributed by atoms with van der Waals surface area (Å²) in [6.45, 7) is 0. The van der Waals surface area contributed by atoms with Crippen molar-refractivity contribution in [2.24, 2.45) is 5.10 Å². The number of hydrogen-bond acceptors (Lipinski definition) is 4. The number of carbonyl (C=O) groups excluding carboxylic acids is 2. The van der Waals surface area contributed by atoms with E-state index in [1.165, 1.54) is 13.3 Å². The van der Waals surface area contributed by atoms with Gasteiger partial charge in [-0.1, -0.05) is 30.3 Å². The molecular formula is C16H15N3O3. The maximum Gasteiger partial charge on any atom is 0.412 e. The summed E-state index contributed by atoms with van der Waals surface area (Å²) in [7, 11) is 1.47. The Morgan fingerprint density at radius 2 is 1.73 bits per heavy atom. The maximum atomic E-state index is 11.8. The van der Waals surface area contributed by atoms with Crippen LogP contribution in [0, 0.1) is 0 Å². The number of nitrogens with one attached hydrogen (secondary N) is 2. The minimum atomic E-state index is -0.575. The van der Waals surface area contributed by atoms with E-state index in [1.807, 2.05) is 6.07 Å². The summed E-state index contributed by atoms with van der Waals surface area (Å²) >= 11 is 0. The van der Waals surface area contributed by atoms with E-state index in [1.54, 1.807) is 48.5 Å². The third-order valence-electron chi connectivity index (χ3n) is 2.73. The van der Waals surface area contributed by atoms with E-state index >= 15 is 0 Å². The van der Waals surface area contributed by atoms with Crippen LogP contribution in [0.1, 0.15) is 15.9 Å². The Morgan fingerprint density at radius 1 is 1.05 bits per heavy atom. The molecule has 2 aromatic rings. The Hall–Kier alpha value is -3.15. The van der Waals surface area contributed by atoms with Crippen molar-refractivity contribution < 1.29 is 14.3 Å². The van der Waals surface area contributed by atoms with Crippen molar-refractivity contribution in [2.75, 3.05) is 7.05 Å². The van der Waals surface area contributed by atoms with Crippen molar-refractivity contribution in [2.45, 2.75) is 0 Å². The molecule has 2 N–H and O–H groups in total. The van der Waals surface area contributed by atoms with Crippen LogP contribution in [0.4, 0.5) is 4.79 Å². The monoisotopic (exact) mass is 297 g/mol. The molecule has 2 rings (SSSR count). The van der Waals surface area contributed by atoms with Crippen LogP contribution in [-0.4, -0.2) is 25.3 Å². The first-order valence-electron chi connectivity index (χ1n) is 6.58. The lowest BCUT2D eigenvalue weighted by molar-refractivity contribution is 0.0955. The molecule has 6 heteroatoms. The molecule has 2 aromatic carbocycles. The molecule has 112 valence electrons. The number of benzene rings is 2. The number of hydrazone groups is 1. The minimum absolute atomic E-state index is 0.318. The lowest BCUT2D eigenvalue weighted by Gasteiger charge is -2.06. The first-order valence-corrected chi connectivity index (χ1v) is 6.58. The molecule has 0 atom stereocenters. The molecule has 22 heavy (non-hydrogen) atoms. The Morgan fingerprint density at radius 3 is 2.45 bits per heavy atom. The standard InChI is InChI=1S/C16H15N3O3/c1-17-16(21)22-14-10-6-5-9-13(14)11-18-19-15(20)12-7-3-2-4-8-12/h2-11H,1H3,(H,17,21)(H,19,20). The number of ether oxygens (including phenoxy) is 1. The van der Waals surface area contributed by atoms with Crippen LogP contribution in [-0.2, 0) is 0 Å². The van der Waals surface area contributed by atoms with Gasteiger partial charge in [-0.2, -0.15) is 5.10 Å². The van der Waals surface area contributed by atoms with E-state index in [0.29, 0.717) is 16.9 Å². The number of rotatable bonds is 4. The molecule has 0 radical (unpaired) electrons. The first-order chi connectivity index (χ1) is 10.7. The van der Waals surface area contributed by atoms with E-state index in [-0.39, 0.29) is 5.91 Å². The van der Waals surface area contributed by atoms with Gasteiger partial charge in [0, 0.05) is 18.2 Å². The van der Waals surface area contributed by atoms with Crippen LogP contribution in [0.2, 0.25) is 0 Å². The summed E-state index contributed by atoms with van der Waals surface area (Å²) in [6.07, 6.45) is 0.841. The van der Waals surface area contributed by atoms with Gasteiger partial charge in [0.1, 0.15) is 5.75 Å². The fraction of sp³-hybridized carbons (Fsp3) is 0.0625. The second-order valence-corrected chi connectivity index (χ2v) is 4.24. The highest BCUT2D eigenvalue weighted by atomic mass is 16.6. The summed E-state index contributed by atoms with van der Waals surface area (Å²) in [5.41, 5.74) is 3.49. The lowest BCUT2D eigenvalue weighted by atomic mass is 10.2. The molecule has 0 aromatic heterocycles. The smallest absolute Gasteiger partial charge is 0.410 e. The molecule has 0 fully saturated rings. The van der Waals surface area contributed by atoms with Gasteiger partial charge < -0.3 is 10.1 Å². The molecule has 0 spiro atoms. The second kappa shape index (κ2) is 7.58. The van der Waals surface area contributed by atoms with Gasteiger partial charge in [0.2, 0.25) is 0 Å². The van der Waals surface area contributed by atoms with Crippen molar-refractivity contribution in [3.8, 4) is 5.75 Å². The van der Waals surface area contributed by atoms with Crippen molar-refractivity contribution in [3.05, 3.63) is 65.7 Å². The van der Waals surface area contributed by atoms with Crippen molar-refractivity contribution in [3.63, 3.8) is 0 Å². The highest BCUT2D eigenvalue weighted by molar-refractivity contribution is 5.95. The van der Waals surface area contributed by atoms with Gasteiger partial charge in [-0.25, -0.2) is 10.2 Å². The molecule has 0 unspecified atom stereocenters. The molecule has 0 aliphatic rings. The molecule has 0 saturated heterocycles. The summed E-state index contributed by atoms with van der Waals surface area (Å²) in [4.78, 5) is 23.1. The summed E-state index contributed by atoms with van der Waals surface area (Å²) in [6, 6.07) is 15.6. The second-order valence-electron chi connectivity index (χ2n) is 4.24. The summed E-state index contributed by atoms with van der Waals surface area (Å²) in [5.74, 6) is 0.0288. The van der Waals surface area contributed by atoms with Crippen LogP contribution in [0.15, 0.2) is 59.7 Å². The van der Waals surface area contributed by atoms with E-state index < -0.39 is 6.09 Å². The van der Waals surface area contributed by atoms with Crippen LogP contribution in [0.5, 0.6) is 5.75 Å². The molecular weight excluding hydrogens is 282 g/mol. The van der Waals surface area contributed by atoms with Gasteiger partial charge in [0.05, 0.1) is 6.21 Å². The highest BCUT2D eigenvalue weighted by Crippen LogP contribution is 2.15. The largest absolute Gasteiger partial charge is 0.412 e. The number of nitrogens with zero attached hydrogens (tertiary/aromatic N) is 1. The van der Waals surface area contributed by atoms with Gasteiger partial charge in [0.25, 0.3) is 5.91 Å². The quantitative estimate of drug-likeness (QED) is 0.670. The summed E-state index contributed by atoms with van der Waals surface area (Å²) in [5, 5.41) is 6.24. The molecule has 0 heterocycles. The average molecular weight is 297 g/mol. The maximum absolute atomic E-state index is 11.8. The normalized spacial score (nSPS) is 10.2. The molecule has 0 aliphatic heterocycles. The van der Waals surface area contributed by atoms with Gasteiger partial charge in [-0.3, -0.25) is 4.79 Å². The van der Waals surface area contributed by atoms with Crippen LogP contribution >= 0.6 is 0 Å². The van der Waals surface area contributed by atoms with Crippen LogP contribution in [0.25, 0.3) is 0 Å². The van der Waals surface area contributed by atoms with Gasteiger partial charge in [-0.05, 0) is 24.3 Å². The first kappa shape index (κ1) is 15.2. The van der Waals surface area contributed by atoms with Gasteiger partial charge in [-0.15, -0.1) is 0 Å². The number of hydrogen-bond donors (Lipinski definition) is 2. The third-order valence-corrected chi connectivity index (χ3v) is 2.73. The van der Waals surface area contributed by atoms with E-state index in [9.17, 15) is 9.59 Å². The average Bonchev–Trinajstić information content (AvgIpc) is 2.57. The SMILES string of the molecule is CNC(=O)Oc1ccccc1C=NNC(=O)c1ccccc1. The summed E-state index contributed by atoms with van der Waals surface area (Å²) < 4.78 is 5.08. The Kier molecular flexibility index (Phi) is 5.25. The molecule has 0 bridgehead atoms. The lowest BCUT2D eigenvalue weighted by Crippen LogP contribution is -2.22. The van der Waals surface area contributed by atoms with E-state index in [0.717, 1.165) is 0 Å². The van der Waals surface area contributed by atoms with Crippen molar-refractivity contribution in [1.82, 2.24) is 10.7 Å². The fourth-order valence-electron chi connectivity index (χ4n) is 1.65. The molecule has 0 saturated carbocycles. The molecule has 6 nitrogen and oxygen atoms in total. The van der Waals surface area contributed by atoms with Crippen molar-refractivity contribution >= 4 is 18.2 Å².